The zero-order valence-corrected chi connectivity index (χ0v) is 16.2. The summed E-state index contributed by atoms with van der Waals surface area (Å²) in [5, 5.41) is 0. The zero-order valence-electron chi connectivity index (χ0n) is 16.2. The van der Waals surface area contributed by atoms with Crippen LogP contribution in [-0.2, 0) is 6.42 Å². The van der Waals surface area contributed by atoms with Crippen LogP contribution in [0.15, 0.2) is 30.3 Å². The average Bonchev–Trinajstić information content (AvgIpc) is 3.18. The van der Waals surface area contributed by atoms with E-state index >= 15 is 0 Å². The lowest BCUT2D eigenvalue weighted by Crippen LogP contribution is -2.38. The number of halogens is 3. The van der Waals surface area contributed by atoms with Gasteiger partial charge in [0.25, 0.3) is 0 Å². The third kappa shape index (κ3) is 4.67. The molecule has 156 valence electrons. The molecule has 0 amide bonds. The molecule has 0 saturated carbocycles. The van der Waals surface area contributed by atoms with Crippen LogP contribution in [-0.4, -0.2) is 37.4 Å². The molecule has 7 heteroatoms. The van der Waals surface area contributed by atoms with Gasteiger partial charge in [0.2, 0.25) is 6.79 Å². The van der Waals surface area contributed by atoms with Crippen molar-refractivity contribution < 1.29 is 22.6 Å². The lowest BCUT2D eigenvalue weighted by atomic mass is 9.90. The summed E-state index contributed by atoms with van der Waals surface area (Å²) in [6.45, 7) is 2.97. The second-order valence-electron chi connectivity index (χ2n) is 7.86. The Hall–Kier alpha value is -2.25. The fourth-order valence-corrected chi connectivity index (χ4v) is 4.15. The van der Waals surface area contributed by atoms with Crippen molar-refractivity contribution >= 4 is 0 Å². The zero-order chi connectivity index (χ0) is 20.4. The molecule has 2 N–H and O–H groups in total. The van der Waals surface area contributed by atoms with Gasteiger partial charge in [0.15, 0.2) is 23.1 Å². The number of likely N-dealkylation sites (tertiary alicyclic amines) is 1. The number of hydrogen-bond acceptors (Lipinski definition) is 4. The van der Waals surface area contributed by atoms with E-state index in [1.165, 1.54) is 5.56 Å². The van der Waals surface area contributed by atoms with Gasteiger partial charge in [0.1, 0.15) is 5.82 Å². The minimum absolute atomic E-state index is 0.119. The Morgan fingerprint density at radius 1 is 1.03 bits per heavy atom. The van der Waals surface area contributed by atoms with E-state index in [2.05, 4.69) is 17.0 Å². The predicted octanol–water partition coefficient (Wildman–Crippen LogP) is 3.97. The molecule has 0 bridgehead atoms. The van der Waals surface area contributed by atoms with Crippen LogP contribution in [0.4, 0.5) is 13.2 Å². The third-order valence-corrected chi connectivity index (χ3v) is 5.76. The van der Waals surface area contributed by atoms with Gasteiger partial charge < -0.3 is 20.1 Å². The Balaban J connectivity index is 1.31. The van der Waals surface area contributed by atoms with Crippen molar-refractivity contribution in [2.24, 2.45) is 5.73 Å². The number of hydrogen-bond donors (Lipinski definition) is 1. The number of nitrogens with two attached hydrogens (primary N) is 1. The molecular formula is C22H25F3N2O2. The minimum Gasteiger partial charge on any atom is -0.454 e. The molecule has 0 spiro atoms. The molecule has 2 heterocycles. The van der Waals surface area contributed by atoms with Crippen LogP contribution in [0.3, 0.4) is 0 Å². The Bertz CT molecular complexity index is 877. The van der Waals surface area contributed by atoms with Gasteiger partial charge in [-0.15, -0.1) is 0 Å². The molecular weight excluding hydrogens is 381 g/mol. The quantitative estimate of drug-likeness (QED) is 0.738. The second-order valence-corrected chi connectivity index (χ2v) is 7.86. The first kappa shape index (κ1) is 20.0. The van der Waals surface area contributed by atoms with Gasteiger partial charge in [-0.05, 0) is 74.0 Å². The van der Waals surface area contributed by atoms with Crippen LogP contribution < -0.4 is 15.2 Å². The number of fused-ring (bicyclic) bond motifs is 1. The fourth-order valence-electron chi connectivity index (χ4n) is 4.15. The van der Waals surface area contributed by atoms with Gasteiger partial charge in [-0.3, -0.25) is 0 Å². The Morgan fingerprint density at radius 3 is 2.69 bits per heavy atom. The van der Waals surface area contributed by atoms with Gasteiger partial charge in [0, 0.05) is 18.7 Å². The summed E-state index contributed by atoms with van der Waals surface area (Å²) >= 11 is 0. The third-order valence-electron chi connectivity index (χ3n) is 5.76. The molecule has 4 rings (SSSR count). The number of piperidine rings is 1. The van der Waals surface area contributed by atoms with Crippen LogP contribution in [0.1, 0.15) is 36.3 Å². The maximum Gasteiger partial charge on any atom is 0.231 e. The van der Waals surface area contributed by atoms with Crippen LogP contribution in [0.25, 0.3) is 0 Å². The van der Waals surface area contributed by atoms with Gasteiger partial charge >= 0.3 is 0 Å². The molecule has 0 aromatic heterocycles. The summed E-state index contributed by atoms with van der Waals surface area (Å²) in [6.07, 6.45) is 3.04. The Kier molecular flexibility index (Phi) is 5.96. The summed E-state index contributed by atoms with van der Waals surface area (Å²) in [4.78, 5) is 2.36. The van der Waals surface area contributed by atoms with Crippen LogP contribution in [0, 0.1) is 17.5 Å². The number of benzene rings is 2. The molecule has 2 aromatic carbocycles. The van der Waals surface area contributed by atoms with Crippen LogP contribution in [0.5, 0.6) is 11.5 Å². The van der Waals surface area contributed by atoms with E-state index in [9.17, 15) is 13.2 Å². The highest BCUT2D eigenvalue weighted by Gasteiger charge is 2.24. The normalized spacial score (nSPS) is 20.1. The van der Waals surface area contributed by atoms with Crippen molar-refractivity contribution in [3.05, 3.63) is 58.9 Å². The van der Waals surface area contributed by atoms with Crippen molar-refractivity contribution in [1.82, 2.24) is 4.90 Å². The van der Waals surface area contributed by atoms with E-state index in [4.69, 9.17) is 15.2 Å². The molecule has 0 radical (unpaired) electrons. The van der Waals surface area contributed by atoms with Gasteiger partial charge in [0.05, 0.1) is 0 Å². The average molecular weight is 406 g/mol. The summed E-state index contributed by atoms with van der Waals surface area (Å²) in [5.41, 5.74) is 7.51. The molecule has 2 aliphatic rings. The van der Waals surface area contributed by atoms with Crippen LogP contribution >= 0.6 is 0 Å². The van der Waals surface area contributed by atoms with Crippen molar-refractivity contribution in [2.75, 3.05) is 26.4 Å². The molecule has 4 nitrogen and oxygen atoms in total. The lowest BCUT2D eigenvalue weighted by Gasteiger charge is -2.33. The standard InChI is InChI=1S/C22H25F3N2O2/c23-18-11-20(25)19(24)9-16(18)8-17(26)5-7-27-6-1-2-15(12-27)14-3-4-21-22(10-14)29-13-28-21/h3-4,9-11,15,17H,1-2,5-8,12-13,26H2/t15?,17-/m0/s1. The summed E-state index contributed by atoms with van der Waals surface area (Å²) < 4.78 is 51.1. The molecule has 1 saturated heterocycles. The fraction of sp³-hybridized carbons (Fsp3) is 0.455. The number of ether oxygens (including phenoxy) is 2. The van der Waals surface area contributed by atoms with Crippen LogP contribution in [0.2, 0.25) is 0 Å². The molecule has 2 atom stereocenters. The van der Waals surface area contributed by atoms with Crippen molar-refractivity contribution in [3.63, 3.8) is 0 Å². The molecule has 2 aliphatic heterocycles. The highest BCUT2D eigenvalue weighted by Crippen LogP contribution is 2.36. The summed E-state index contributed by atoms with van der Waals surface area (Å²) in [6, 6.07) is 7.29. The smallest absolute Gasteiger partial charge is 0.231 e. The largest absolute Gasteiger partial charge is 0.454 e. The van der Waals surface area contributed by atoms with E-state index in [-0.39, 0.29) is 24.8 Å². The van der Waals surface area contributed by atoms with Gasteiger partial charge in [-0.2, -0.15) is 0 Å². The van der Waals surface area contributed by atoms with Crippen molar-refractivity contribution in [2.45, 2.75) is 37.6 Å². The van der Waals surface area contributed by atoms with E-state index < -0.39 is 17.5 Å². The maximum absolute atomic E-state index is 13.8. The first-order chi connectivity index (χ1) is 14.0. The Labute approximate surface area is 168 Å². The number of rotatable bonds is 6. The first-order valence-electron chi connectivity index (χ1n) is 10.0. The molecule has 2 aromatic rings. The first-order valence-corrected chi connectivity index (χ1v) is 10.0. The molecule has 1 unspecified atom stereocenters. The Morgan fingerprint density at radius 2 is 1.83 bits per heavy atom. The summed E-state index contributed by atoms with van der Waals surface area (Å²) in [5.74, 6) is -0.968. The summed E-state index contributed by atoms with van der Waals surface area (Å²) in [7, 11) is 0. The topological polar surface area (TPSA) is 47.7 Å². The molecule has 0 aliphatic carbocycles. The highest BCUT2D eigenvalue weighted by atomic mass is 19.2. The van der Waals surface area contributed by atoms with E-state index in [0.717, 1.165) is 50.0 Å². The highest BCUT2D eigenvalue weighted by molar-refractivity contribution is 5.45. The van der Waals surface area contributed by atoms with Gasteiger partial charge in [-0.1, -0.05) is 6.07 Å². The molecule has 29 heavy (non-hydrogen) atoms. The number of nitrogens with zero attached hydrogens (tertiary/aromatic N) is 1. The SMILES string of the molecule is N[C@@H](CCN1CCCC(c2ccc3c(c2)OCO3)C1)Cc1cc(F)c(F)cc1F. The van der Waals surface area contributed by atoms with Crippen molar-refractivity contribution in [1.29, 1.82) is 0 Å². The lowest BCUT2D eigenvalue weighted by molar-refractivity contribution is 0.173. The van der Waals surface area contributed by atoms with Crippen molar-refractivity contribution in [3.8, 4) is 11.5 Å². The monoisotopic (exact) mass is 406 g/mol. The van der Waals surface area contributed by atoms with E-state index in [1.54, 1.807) is 0 Å². The predicted molar refractivity (Wildman–Crippen MR) is 104 cm³/mol. The van der Waals surface area contributed by atoms with Gasteiger partial charge in [-0.25, -0.2) is 13.2 Å². The molecule has 1 fully saturated rings. The second kappa shape index (κ2) is 8.63. The minimum atomic E-state index is -1.18. The van der Waals surface area contributed by atoms with E-state index in [0.29, 0.717) is 18.4 Å². The van der Waals surface area contributed by atoms with E-state index in [1.807, 2.05) is 6.07 Å². The maximum atomic E-state index is 13.8.